The van der Waals surface area contributed by atoms with Gasteiger partial charge in [-0.3, -0.25) is 9.48 Å². The van der Waals surface area contributed by atoms with Crippen LogP contribution in [0, 0.1) is 0 Å². The summed E-state index contributed by atoms with van der Waals surface area (Å²) in [7, 11) is 1.46. The highest BCUT2D eigenvalue weighted by Crippen LogP contribution is 2.25. The predicted octanol–water partition coefficient (Wildman–Crippen LogP) is 3.93. The zero-order valence-electron chi connectivity index (χ0n) is 14.8. The Morgan fingerprint density at radius 1 is 1.29 bits per heavy atom. The molecular weight excluding hydrogens is 492 g/mol. The number of aromatic hydroxyl groups is 1. The first-order valence-corrected chi connectivity index (χ1v) is 9.72. The zero-order valence-corrected chi connectivity index (χ0v) is 17.9. The normalized spacial score (nSPS) is 11.0. The minimum Gasteiger partial charge on any atom is -0.504 e. The third kappa shape index (κ3) is 4.99. The van der Waals surface area contributed by atoms with Gasteiger partial charge < -0.3 is 9.84 Å². The highest BCUT2D eigenvalue weighted by molar-refractivity contribution is 9.10. The second-order valence-electron chi connectivity index (χ2n) is 5.78. The fourth-order valence-electron chi connectivity index (χ4n) is 2.40. The average Bonchev–Trinajstić information content (AvgIpc) is 3.05. The predicted molar refractivity (Wildman–Crippen MR) is 113 cm³/mol. The summed E-state index contributed by atoms with van der Waals surface area (Å²) < 4.78 is 8.29. The van der Waals surface area contributed by atoms with Crippen molar-refractivity contribution in [3.05, 3.63) is 74.4 Å². The molecule has 1 amide bonds. The average molecular weight is 508 g/mol. The van der Waals surface area contributed by atoms with Crippen molar-refractivity contribution >= 4 is 44.0 Å². The minimum absolute atomic E-state index is 0.0314. The largest absolute Gasteiger partial charge is 0.504 e. The van der Waals surface area contributed by atoms with E-state index in [9.17, 15) is 9.90 Å². The van der Waals surface area contributed by atoms with Crippen LogP contribution in [0.4, 0.5) is 0 Å². The SMILES string of the molecule is COc1cc(/C=N/NC(=O)c2nn(Cc3ccc(Br)cc3)cc2Br)ccc1O. The van der Waals surface area contributed by atoms with E-state index in [4.69, 9.17) is 4.74 Å². The molecule has 9 heteroatoms. The molecule has 0 saturated heterocycles. The number of nitrogens with one attached hydrogen (secondary N) is 1. The Kier molecular flexibility index (Phi) is 6.48. The van der Waals surface area contributed by atoms with E-state index >= 15 is 0 Å². The molecule has 2 aromatic carbocycles. The molecule has 7 nitrogen and oxygen atoms in total. The minimum atomic E-state index is -0.441. The van der Waals surface area contributed by atoms with Gasteiger partial charge in [0, 0.05) is 10.7 Å². The van der Waals surface area contributed by atoms with Crippen LogP contribution in [0.5, 0.6) is 11.5 Å². The Labute approximate surface area is 178 Å². The van der Waals surface area contributed by atoms with Crippen molar-refractivity contribution in [1.82, 2.24) is 15.2 Å². The first-order chi connectivity index (χ1) is 13.5. The summed E-state index contributed by atoms with van der Waals surface area (Å²) >= 11 is 6.76. The van der Waals surface area contributed by atoms with Crippen LogP contribution in [0.15, 0.2) is 62.7 Å². The second kappa shape index (κ2) is 9.03. The van der Waals surface area contributed by atoms with Crippen LogP contribution in [-0.2, 0) is 6.54 Å². The quantitative estimate of drug-likeness (QED) is 0.390. The van der Waals surface area contributed by atoms with Crippen molar-refractivity contribution in [3.8, 4) is 11.5 Å². The number of phenols is 1. The van der Waals surface area contributed by atoms with Gasteiger partial charge in [0.25, 0.3) is 5.91 Å². The number of rotatable bonds is 6. The van der Waals surface area contributed by atoms with Crippen LogP contribution in [-0.4, -0.2) is 34.1 Å². The topological polar surface area (TPSA) is 88.7 Å². The monoisotopic (exact) mass is 506 g/mol. The number of methoxy groups -OCH3 is 1. The Bertz CT molecular complexity index is 1020. The summed E-state index contributed by atoms with van der Waals surface area (Å²) in [6.45, 7) is 0.537. The van der Waals surface area contributed by atoms with Crippen LogP contribution in [0.3, 0.4) is 0 Å². The maximum atomic E-state index is 12.3. The summed E-state index contributed by atoms with van der Waals surface area (Å²) in [6.07, 6.45) is 3.19. The Hall–Kier alpha value is -2.65. The number of phenolic OH excluding ortho intramolecular Hbond substituents is 1. The molecule has 144 valence electrons. The van der Waals surface area contributed by atoms with E-state index < -0.39 is 5.91 Å². The van der Waals surface area contributed by atoms with E-state index in [2.05, 4.69) is 47.5 Å². The Morgan fingerprint density at radius 2 is 2.04 bits per heavy atom. The number of hydrazone groups is 1. The van der Waals surface area contributed by atoms with Gasteiger partial charge in [-0.25, -0.2) is 5.43 Å². The third-order valence-electron chi connectivity index (χ3n) is 3.77. The van der Waals surface area contributed by atoms with Gasteiger partial charge in [0.1, 0.15) is 0 Å². The van der Waals surface area contributed by atoms with Gasteiger partial charge in [0.15, 0.2) is 17.2 Å². The van der Waals surface area contributed by atoms with Gasteiger partial charge in [-0.2, -0.15) is 10.2 Å². The highest BCUT2D eigenvalue weighted by Gasteiger charge is 2.15. The molecule has 0 saturated carbocycles. The van der Waals surface area contributed by atoms with Crippen LogP contribution >= 0.6 is 31.9 Å². The molecule has 0 aliphatic heterocycles. The van der Waals surface area contributed by atoms with E-state index in [-0.39, 0.29) is 11.4 Å². The first kappa shape index (κ1) is 20.1. The molecule has 1 heterocycles. The fraction of sp³-hybridized carbons (Fsp3) is 0.105. The molecule has 28 heavy (non-hydrogen) atoms. The lowest BCUT2D eigenvalue weighted by atomic mass is 10.2. The van der Waals surface area contributed by atoms with Gasteiger partial charge in [-0.15, -0.1) is 0 Å². The number of amides is 1. The summed E-state index contributed by atoms with van der Waals surface area (Å²) in [5, 5.41) is 17.8. The number of halogens is 2. The van der Waals surface area contributed by atoms with Crippen molar-refractivity contribution in [3.63, 3.8) is 0 Å². The number of benzene rings is 2. The molecule has 0 radical (unpaired) electrons. The van der Waals surface area contributed by atoms with E-state index in [0.29, 0.717) is 22.3 Å². The second-order valence-corrected chi connectivity index (χ2v) is 7.55. The highest BCUT2D eigenvalue weighted by atomic mass is 79.9. The van der Waals surface area contributed by atoms with Crippen molar-refractivity contribution in [1.29, 1.82) is 0 Å². The van der Waals surface area contributed by atoms with Crippen molar-refractivity contribution in [2.45, 2.75) is 6.54 Å². The van der Waals surface area contributed by atoms with Gasteiger partial charge in [0.05, 0.1) is 24.3 Å². The zero-order chi connectivity index (χ0) is 20.1. The summed E-state index contributed by atoms with van der Waals surface area (Å²) in [4.78, 5) is 12.3. The third-order valence-corrected chi connectivity index (χ3v) is 4.88. The summed E-state index contributed by atoms with van der Waals surface area (Å²) in [6, 6.07) is 12.6. The Morgan fingerprint density at radius 3 is 2.75 bits per heavy atom. The van der Waals surface area contributed by atoms with E-state index in [1.807, 2.05) is 24.3 Å². The van der Waals surface area contributed by atoms with Crippen molar-refractivity contribution in [2.24, 2.45) is 5.10 Å². The first-order valence-electron chi connectivity index (χ1n) is 8.14. The number of carbonyl (C=O) groups excluding carboxylic acids is 1. The lowest BCUT2D eigenvalue weighted by Crippen LogP contribution is -2.19. The fourth-order valence-corrected chi connectivity index (χ4v) is 3.16. The molecular formula is C19H16Br2N4O3. The Balaban J connectivity index is 1.66. The van der Waals surface area contributed by atoms with E-state index in [0.717, 1.165) is 10.0 Å². The van der Waals surface area contributed by atoms with E-state index in [1.54, 1.807) is 23.0 Å². The maximum Gasteiger partial charge on any atom is 0.293 e. The van der Waals surface area contributed by atoms with Crippen molar-refractivity contribution < 1.29 is 14.6 Å². The molecule has 3 rings (SSSR count). The summed E-state index contributed by atoms with van der Waals surface area (Å²) in [5.41, 5.74) is 4.40. The lowest BCUT2D eigenvalue weighted by molar-refractivity contribution is 0.0948. The molecule has 3 aromatic rings. The molecule has 2 N–H and O–H groups in total. The molecule has 1 aromatic heterocycles. The van der Waals surface area contributed by atoms with Crippen LogP contribution < -0.4 is 10.2 Å². The maximum absolute atomic E-state index is 12.3. The molecule has 0 aliphatic rings. The molecule has 0 atom stereocenters. The molecule has 0 aliphatic carbocycles. The molecule has 0 bridgehead atoms. The number of aromatic nitrogens is 2. The number of nitrogens with zero attached hydrogens (tertiary/aromatic N) is 3. The van der Waals surface area contributed by atoms with E-state index in [1.165, 1.54) is 19.4 Å². The van der Waals surface area contributed by atoms with Gasteiger partial charge in [-0.1, -0.05) is 28.1 Å². The standard InChI is InChI=1S/C19H16Br2N4O3/c1-28-17-8-13(4-7-16(17)26)9-22-23-19(27)18-15(21)11-25(24-18)10-12-2-5-14(20)6-3-12/h2-9,11,26H,10H2,1H3,(H,23,27)/b22-9+. The smallest absolute Gasteiger partial charge is 0.293 e. The molecule has 0 fully saturated rings. The van der Waals surface area contributed by atoms with Crippen LogP contribution in [0.1, 0.15) is 21.6 Å². The van der Waals surface area contributed by atoms with Gasteiger partial charge in [-0.05, 0) is 57.4 Å². The molecule has 0 spiro atoms. The van der Waals surface area contributed by atoms with Crippen molar-refractivity contribution in [2.75, 3.05) is 7.11 Å². The molecule has 0 unspecified atom stereocenters. The van der Waals surface area contributed by atoms with Gasteiger partial charge >= 0.3 is 0 Å². The number of hydrogen-bond donors (Lipinski definition) is 2. The number of carbonyl (C=O) groups is 1. The van der Waals surface area contributed by atoms with Gasteiger partial charge in [0.2, 0.25) is 0 Å². The summed E-state index contributed by atoms with van der Waals surface area (Å²) in [5.74, 6) is -0.0861. The number of hydrogen-bond acceptors (Lipinski definition) is 5. The number of ether oxygens (including phenoxy) is 1. The lowest BCUT2D eigenvalue weighted by Gasteiger charge is -2.03. The van der Waals surface area contributed by atoms with Crippen LogP contribution in [0.2, 0.25) is 0 Å². The van der Waals surface area contributed by atoms with Crippen LogP contribution in [0.25, 0.3) is 0 Å².